The van der Waals surface area contributed by atoms with Crippen molar-refractivity contribution in [2.45, 2.75) is 18.5 Å². The Bertz CT molecular complexity index is 811. The SMILES string of the molecule is FC(F)(F)Cc1cccc(-c2cnn3ccc(CCl)nc23)c1. The maximum atomic E-state index is 12.5. The van der Waals surface area contributed by atoms with Gasteiger partial charge in [-0.25, -0.2) is 9.50 Å². The van der Waals surface area contributed by atoms with Crippen molar-refractivity contribution in [1.82, 2.24) is 14.6 Å². The summed E-state index contributed by atoms with van der Waals surface area (Å²) >= 11 is 5.77. The zero-order chi connectivity index (χ0) is 15.7. The molecule has 22 heavy (non-hydrogen) atoms. The zero-order valence-corrected chi connectivity index (χ0v) is 12.1. The smallest absolute Gasteiger partial charge is 0.232 e. The maximum Gasteiger partial charge on any atom is 0.393 e. The van der Waals surface area contributed by atoms with Gasteiger partial charge in [-0.1, -0.05) is 24.3 Å². The van der Waals surface area contributed by atoms with Crippen LogP contribution in [0.15, 0.2) is 42.7 Å². The van der Waals surface area contributed by atoms with E-state index < -0.39 is 12.6 Å². The predicted octanol–water partition coefficient (Wildman–Crippen LogP) is 4.24. The average molecular weight is 326 g/mol. The van der Waals surface area contributed by atoms with E-state index in [1.807, 2.05) is 0 Å². The van der Waals surface area contributed by atoms with Crippen LogP contribution < -0.4 is 0 Å². The Morgan fingerprint density at radius 3 is 2.73 bits per heavy atom. The fourth-order valence-corrected chi connectivity index (χ4v) is 2.41. The lowest BCUT2D eigenvalue weighted by molar-refractivity contribution is -0.127. The van der Waals surface area contributed by atoms with Crippen LogP contribution >= 0.6 is 11.6 Å². The molecular weight excluding hydrogens is 315 g/mol. The van der Waals surface area contributed by atoms with Crippen molar-refractivity contribution < 1.29 is 13.2 Å². The largest absolute Gasteiger partial charge is 0.393 e. The second kappa shape index (κ2) is 5.61. The van der Waals surface area contributed by atoms with Crippen molar-refractivity contribution in [3.8, 4) is 11.1 Å². The van der Waals surface area contributed by atoms with Gasteiger partial charge in [0.15, 0.2) is 5.65 Å². The highest BCUT2D eigenvalue weighted by Gasteiger charge is 2.27. The molecule has 0 saturated heterocycles. The summed E-state index contributed by atoms with van der Waals surface area (Å²) in [5, 5.41) is 4.16. The van der Waals surface area contributed by atoms with Crippen LogP contribution in [0.4, 0.5) is 13.2 Å². The topological polar surface area (TPSA) is 30.2 Å². The number of halogens is 4. The first-order chi connectivity index (χ1) is 10.5. The first kappa shape index (κ1) is 14.8. The van der Waals surface area contributed by atoms with E-state index in [9.17, 15) is 13.2 Å². The molecule has 2 aromatic heterocycles. The van der Waals surface area contributed by atoms with Gasteiger partial charge in [0.1, 0.15) is 0 Å². The van der Waals surface area contributed by atoms with Crippen molar-refractivity contribution in [2.24, 2.45) is 0 Å². The van der Waals surface area contributed by atoms with E-state index in [1.54, 1.807) is 35.1 Å². The minimum Gasteiger partial charge on any atom is -0.232 e. The Balaban J connectivity index is 2.05. The van der Waals surface area contributed by atoms with E-state index in [0.717, 1.165) is 0 Å². The van der Waals surface area contributed by atoms with Gasteiger partial charge in [0.25, 0.3) is 0 Å². The minimum atomic E-state index is -4.23. The van der Waals surface area contributed by atoms with Crippen molar-refractivity contribution >= 4 is 17.2 Å². The molecule has 114 valence electrons. The van der Waals surface area contributed by atoms with Crippen LogP contribution in [0.25, 0.3) is 16.8 Å². The summed E-state index contributed by atoms with van der Waals surface area (Å²) in [5.41, 5.74) is 2.79. The van der Waals surface area contributed by atoms with Gasteiger partial charge in [-0.3, -0.25) is 0 Å². The standard InChI is InChI=1S/C15H11ClF3N3/c16-8-12-4-5-22-14(21-12)13(9-20-22)11-3-1-2-10(6-11)7-15(17,18)19/h1-6,9H,7-8H2. The van der Waals surface area contributed by atoms with Crippen LogP contribution in [0.3, 0.4) is 0 Å². The number of benzene rings is 1. The van der Waals surface area contributed by atoms with Crippen LogP contribution in [-0.4, -0.2) is 20.8 Å². The first-order valence-corrected chi connectivity index (χ1v) is 7.05. The molecule has 0 aliphatic heterocycles. The molecule has 0 fully saturated rings. The van der Waals surface area contributed by atoms with E-state index in [0.29, 0.717) is 22.5 Å². The van der Waals surface area contributed by atoms with Gasteiger partial charge in [0.2, 0.25) is 0 Å². The summed E-state index contributed by atoms with van der Waals surface area (Å²) < 4.78 is 39.1. The lowest BCUT2D eigenvalue weighted by Crippen LogP contribution is -2.11. The molecule has 0 saturated carbocycles. The summed E-state index contributed by atoms with van der Waals surface area (Å²) in [6, 6.07) is 8.06. The first-order valence-electron chi connectivity index (χ1n) is 6.51. The van der Waals surface area contributed by atoms with Crippen molar-refractivity contribution in [1.29, 1.82) is 0 Å². The molecule has 3 nitrogen and oxygen atoms in total. The van der Waals surface area contributed by atoms with E-state index in [1.165, 1.54) is 12.1 Å². The molecule has 7 heteroatoms. The minimum absolute atomic E-state index is 0.206. The quantitative estimate of drug-likeness (QED) is 0.674. The number of alkyl halides is 4. The van der Waals surface area contributed by atoms with Crippen LogP contribution in [0.1, 0.15) is 11.3 Å². The highest BCUT2D eigenvalue weighted by Crippen LogP contribution is 2.27. The molecule has 0 aliphatic rings. The third-order valence-corrected chi connectivity index (χ3v) is 3.48. The van der Waals surface area contributed by atoms with Gasteiger partial charge < -0.3 is 0 Å². The van der Waals surface area contributed by atoms with E-state index in [-0.39, 0.29) is 11.4 Å². The van der Waals surface area contributed by atoms with E-state index >= 15 is 0 Å². The fourth-order valence-electron chi connectivity index (χ4n) is 2.26. The number of hydrogen-bond donors (Lipinski definition) is 0. The summed E-state index contributed by atoms with van der Waals surface area (Å²) in [6.07, 6.45) is -1.87. The number of hydrogen-bond acceptors (Lipinski definition) is 2. The fraction of sp³-hybridized carbons (Fsp3) is 0.200. The summed E-state index contributed by atoms with van der Waals surface area (Å²) in [6.45, 7) is 0. The number of nitrogens with zero attached hydrogens (tertiary/aromatic N) is 3. The average Bonchev–Trinajstić information content (AvgIpc) is 2.88. The molecule has 0 bridgehead atoms. The van der Waals surface area contributed by atoms with Crippen molar-refractivity contribution in [2.75, 3.05) is 0 Å². The van der Waals surface area contributed by atoms with Crippen molar-refractivity contribution in [3.05, 3.63) is 54.0 Å². The lowest BCUT2D eigenvalue weighted by Gasteiger charge is -2.07. The van der Waals surface area contributed by atoms with Gasteiger partial charge in [-0.2, -0.15) is 18.3 Å². The molecule has 1 aromatic carbocycles. The number of rotatable bonds is 3. The third kappa shape index (κ3) is 3.06. The van der Waals surface area contributed by atoms with Crippen LogP contribution in [0.2, 0.25) is 0 Å². The second-order valence-corrected chi connectivity index (χ2v) is 5.14. The van der Waals surface area contributed by atoms with Crippen LogP contribution in [0, 0.1) is 0 Å². The lowest BCUT2D eigenvalue weighted by atomic mass is 10.0. The van der Waals surface area contributed by atoms with Gasteiger partial charge in [0, 0.05) is 11.8 Å². The summed E-state index contributed by atoms with van der Waals surface area (Å²) in [4.78, 5) is 4.38. The molecule has 0 N–H and O–H groups in total. The predicted molar refractivity (Wildman–Crippen MR) is 77.7 cm³/mol. The molecule has 0 amide bonds. The van der Waals surface area contributed by atoms with Crippen LogP contribution in [-0.2, 0) is 12.3 Å². The highest BCUT2D eigenvalue weighted by molar-refractivity contribution is 6.16. The monoisotopic (exact) mass is 325 g/mol. The molecule has 0 unspecified atom stereocenters. The number of aromatic nitrogens is 3. The molecule has 2 heterocycles. The van der Waals surface area contributed by atoms with Crippen LogP contribution in [0.5, 0.6) is 0 Å². The maximum absolute atomic E-state index is 12.5. The molecule has 0 aliphatic carbocycles. The molecule has 0 radical (unpaired) electrons. The van der Waals surface area contributed by atoms with E-state index in [2.05, 4.69) is 10.1 Å². The van der Waals surface area contributed by atoms with Crippen molar-refractivity contribution in [3.63, 3.8) is 0 Å². The Morgan fingerprint density at radius 2 is 2.00 bits per heavy atom. The molecular formula is C15H11ClF3N3. The zero-order valence-electron chi connectivity index (χ0n) is 11.3. The second-order valence-electron chi connectivity index (χ2n) is 4.87. The van der Waals surface area contributed by atoms with Gasteiger partial charge in [-0.05, 0) is 17.2 Å². The molecule has 3 rings (SSSR count). The Kier molecular flexibility index (Phi) is 3.78. The van der Waals surface area contributed by atoms with Gasteiger partial charge in [0.05, 0.1) is 24.2 Å². The summed E-state index contributed by atoms with van der Waals surface area (Å²) in [7, 11) is 0. The molecule has 0 spiro atoms. The number of fused-ring (bicyclic) bond motifs is 1. The Hall–Kier alpha value is -2.08. The normalized spacial score (nSPS) is 12.0. The highest BCUT2D eigenvalue weighted by atomic mass is 35.5. The molecule has 0 atom stereocenters. The molecule has 3 aromatic rings. The van der Waals surface area contributed by atoms with Gasteiger partial charge in [-0.15, -0.1) is 11.6 Å². The summed E-state index contributed by atoms with van der Waals surface area (Å²) in [5.74, 6) is 0.259. The van der Waals surface area contributed by atoms with E-state index in [4.69, 9.17) is 11.6 Å². The Morgan fingerprint density at radius 1 is 1.18 bits per heavy atom. The van der Waals surface area contributed by atoms with Gasteiger partial charge >= 0.3 is 6.18 Å². The Labute approximate surface area is 129 Å². The third-order valence-electron chi connectivity index (χ3n) is 3.21.